The molecule has 2 fully saturated rings. The number of amides is 1. The van der Waals surface area contributed by atoms with Crippen molar-refractivity contribution in [1.29, 1.82) is 0 Å². The second-order valence-corrected chi connectivity index (χ2v) is 6.88. The summed E-state index contributed by atoms with van der Waals surface area (Å²) >= 11 is 0. The molecule has 0 aromatic heterocycles. The maximum absolute atomic E-state index is 11.9. The Morgan fingerprint density at radius 1 is 1.17 bits per heavy atom. The first kappa shape index (κ1) is 16.5. The van der Waals surface area contributed by atoms with E-state index < -0.39 is 0 Å². The Morgan fingerprint density at radius 2 is 1.91 bits per heavy atom. The maximum Gasteiger partial charge on any atom is 0.220 e. The molecule has 1 amide bonds. The van der Waals surface area contributed by atoms with Gasteiger partial charge in [-0.2, -0.15) is 0 Å². The molecule has 23 heavy (non-hydrogen) atoms. The minimum absolute atomic E-state index is 0.103. The molecule has 2 aliphatic heterocycles. The van der Waals surface area contributed by atoms with Crippen LogP contribution in [0, 0.1) is 0 Å². The van der Waals surface area contributed by atoms with Crippen LogP contribution in [0.3, 0.4) is 0 Å². The predicted molar refractivity (Wildman–Crippen MR) is 93.2 cm³/mol. The first-order chi connectivity index (χ1) is 11.3. The Morgan fingerprint density at radius 3 is 2.61 bits per heavy atom. The van der Waals surface area contributed by atoms with Crippen LogP contribution in [0.1, 0.15) is 50.6 Å². The summed E-state index contributed by atoms with van der Waals surface area (Å²) in [5.74, 6) is 0.176. The molecule has 2 saturated heterocycles. The van der Waals surface area contributed by atoms with Gasteiger partial charge in [0.25, 0.3) is 0 Å². The van der Waals surface area contributed by atoms with Crippen LogP contribution in [0.5, 0.6) is 0 Å². The van der Waals surface area contributed by atoms with E-state index in [9.17, 15) is 4.79 Å². The fourth-order valence-corrected chi connectivity index (χ4v) is 3.90. The Balaban J connectivity index is 1.60. The lowest BCUT2D eigenvalue weighted by molar-refractivity contribution is -0.124. The summed E-state index contributed by atoms with van der Waals surface area (Å²) in [4.78, 5) is 14.4. The summed E-state index contributed by atoms with van der Waals surface area (Å²) in [7, 11) is 0. The normalized spacial score (nSPS) is 26.9. The number of nitrogens with zero attached hydrogens (tertiary/aromatic N) is 1. The van der Waals surface area contributed by atoms with E-state index in [2.05, 4.69) is 46.7 Å². The summed E-state index contributed by atoms with van der Waals surface area (Å²) in [5, 5.41) is 7.04. The van der Waals surface area contributed by atoms with E-state index in [1.807, 2.05) is 6.07 Å². The highest BCUT2D eigenvalue weighted by Gasteiger charge is 2.32. The van der Waals surface area contributed by atoms with Gasteiger partial charge in [-0.25, -0.2) is 0 Å². The SMILES string of the molecule is CCCN1CCC(N[C@@H]2CCC(=O)N[C@H]2c2ccccc2)CC1. The number of piperidine rings is 2. The van der Waals surface area contributed by atoms with Gasteiger partial charge in [0, 0.05) is 18.5 Å². The van der Waals surface area contributed by atoms with E-state index in [0.717, 1.165) is 6.42 Å². The molecule has 4 heteroatoms. The monoisotopic (exact) mass is 315 g/mol. The van der Waals surface area contributed by atoms with Gasteiger partial charge >= 0.3 is 0 Å². The third-order valence-corrected chi connectivity index (χ3v) is 5.14. The van der Waals surface area contributed by atoms with E-state index >= 15 is 0 Å². The molecular weight excluding hydrogens is 286 g/mol. The highest BCUT2D eigenvalue weighted by atomic mass is 16.1. The van der Waals surface area contributed by atoms with Gasteiger partial charge in [-0.05, 0) is 50.9 Å². The fraction of sp³-hybridized carbons (Fsp3) is 0.632. The Hall–Kier alpha value is -1.39. The van der Waals surface area contributed by atoms with Crippen molar-refractivity contribution in [1.82, 2.24) is 15.5 Å². The van der Waals surface area contributed by atoms with Gasteiger partial charge in [0.1, 0.15) is 0 Å². The van der Waals surface area contributed by atoms with Crippen molar-refractivity contribution in [2.24, 2.45) is 0 Å². The van der Waals surface area contributed by atoms with Crippen molar-refractivity contribution in [2.75, 3.05) is 19.6 Å². The molecule has 2 atom stereocenters. The van der Waals surface area contributed by atoms with Gasteiger partial charge in [-0.1, -0.05) is 37.3 Å². The van der Waals surface area contributed by atoms with Crippen LogP contribution >= 0.6 is 0 Å². The molecule has 2 N–H and O–H groups in total. The zero-order chi connectivity index (χ0) is 16.1. The van der Waals surface area contributed by atoms with Crippen LogP contribution in [-0.4, -0.2) is 42.5 Å². The Bertz CT molecular complexity index is 497. The molecule has 0 unspecified atom stereocenters. The highest BCUT2D eigenvalue weighted by molar-refractivity contribution is 5.77. The van der Waals surface area contributed by atoms with Crippen molar-refractivity contribution in [3.63, 3.8) is 0 Å². The largest absolute Gasteiger partial charge is 0.348 e. The number of benzene rings is 1. The van der Waals surface area contributed by atoms with Crippen molar-refractivity contribution in [2.45, 2.75) is 57.2 Å². The summed E-state index contributed by atoms with van der Waals surface area (Å²) in [6.45, 7) is 5.86. The van der Waals surface area contributed by atoms with E-state index in [0.29, 0.717) is 18.5 Å². The quantitative estimate of drug-likeness (QED) is 0.877. The summed E-state index contributed by atoms with van der Waals surface area (Å²) in [6.07, 6.45) is 5.23. The maximum atomic E-state index is 11.9. The lowest BCUT2D eigenvalue weighted by atomic mass is 9.90. The van der Waals surface area contributed by atoms with Gasteiger partial charge in [0.05, 0.1) is 6.04 Å². The number of carbonyl (C=O) groups is 1. The molecule has 126 valence electrons. The zero-order valence-corrected chi connectivity index (χ0v) is 14.1. The van der Waals surface area contributed by atoms with Gasteiger partial charge < -0.3 is 15.5 Å². The topological polar surface area (TPSA) is 44.4 Å². The lowest BCUT2D eigenvalue weighted by Gasteiger charge is -2.39. The zero-order valence-electron chi connectivity index (χ0n) is 14.1. The average Bonchev–Trinajstić information content (AvgIpc) is 2.59. The van der Waals surface area contributed by atoms with Crippen molar-refractivity contribution < 1.29 is 4.79 Å². The molecule has 3 rings (SSSR count). The molecular formula is C19H29N3O. The molecule has 0 aliphatic carbocycles. The number of rotatable bonds is 5. The summed E-state index contributed by atoms with van der Waals surface area (Å²) in [6, 6.07) is 11.4. The molecule has 1 aromatic carbocycles. The molecule has 0 saturated carbocycles. The van der Waals surface area contributed by atoms with Gasteiger partial charge in [0.2, 0.25) is 5.91 Å². The number of carbonyl (C=O) groups excluding carboxylic acids is 1. The molecule has 1 aromatic rings. The Kier molecular flexibility index (Phi) is 5.68. The summed E-state index contributed by atoms with van der Waals surface area (Å²) in [5.41, 5.74) is 1.21. The standard InChI is InChI=1S/C19H29N3O/c1-2-12-22-13-10-16(11-14-22)20-17-8-9-18(23)21-19(17)15-6-4-3-5-7-15/h3-7,16-17,19-20H,2,8-14H2,1H3,(H,21,23)/t17-,19+/m1/s1. The highest BCUT2D eigenvalue weighted by Crippen LogP contribution is 2.25. The molecule has 0 radical (unpaired) electrons. The number of hydrogen-bond acceptors (Lipinski definition) is 3. The molecule has 0 bridgehead atoms. The number of nitrogens with one attached hydrogen (secondary N) is 2. The first-order valence-corrected chi connectivity index (χ1v) is 9.09. The van der Waals surface area contributed by atoms with E-state index in [-0.39, 0.29) is 11.9 Å². The Labute approximate surface area is 139 Å². The van der Waals surface area contributed by atoms with Crippen LogP contribution in [0.2, 0.25) is 0 Å². The van der Waals surface area contributed by atoms with E-state index in [4.69, 9.17) is 0 Å². The molecule has 2 aliphatic rings. The average molecular weight is 315 g/mol. The molecule has 2 heterocycles. The number of hydrogen-bond donors (Lipinski definition) is 2. The van der Waals surface area contributed by atoms with Crippen molar-refractivity contribution >= 4 is 5.91 Å². The van der Waals surface area contributed by atoms with Crippen LogP contribution < -0.4 is 10.6 Å². The van der Waals surface area contributed by atoms with Crippen LogP contribution in [0.4, 0.5) is 0 Å². The van der Waals surface area contributed by atoms with E-state index in [1.54, 1.807) is 0 Å². The smallest absolute Gasteiger partial charge is 0.220 e. The van der Waals surface area contributed by atoms with Crippen molar-refractivity contribution in [3.05, 3.63) is 35.9 Å². The second kappa shape index (κ2) is 7.93. The van der Waals surface area contributed by atoms with Crippen LogP contribution in [0.25, 0.3) is 0 Å². The van der Waals surface area contributed by atoms with Gasteiger partial charge in [-0.3, -0.25) is 4.79 Å². The van der Waals surface area contributed by atoms with Crippen molar-refractivity contribution in [3.8, 4) is 0 Å². The number of likely N-dealkylation sites (tertiary alicyclic amines) is 1. The summed E-state index contributed by atoms with van der Waals surface area (Å²) < 4.78 is 0. The van der Waals surface area contributed by atoms with Crippen LogP contribution in [0.15, 0.2) is 30.3 Å². The lowest BCUT2D eigenvalue weighted by Crippen LogP contribution is -2.53. The fourth-order valence-electron chi connectivity index (χ4n) is 3.90. The molecule has 0 spiro atoms. The first-order valence-electron chi connectivity index (χ1n) is 9.09. The third kappa shape index (κ3) is 4.33. The second-order valence-electron chi connectivity index (χ2n) is 6.88. The van der Waals surface area contributed by atoms with E-state index in [1.165, 1.54) is 44.5 Å². The molecule has 4 nitrogen and oxygen atoms in total. The third-order valence-electron chi connectivity index (χ3n) is 5.14. The minimum atomic E-state index is 0.103. The van der Waals surface area contributed by atoms with Gasteiger partial charge in [0.15, 0.2) is 0 Å². The predicted octanol–water partition coefficient (Wildman–Crippen LogP) is 2.47. The van der Waals surface area contributed by atoms with Gasteiger partial charge in [-0.15, -0.1) is 0 Å². The van der Waals surface area contributed by atoms with Crippen LogP contribution in [-0.2, 0) is 4.79 Å². The minimum Gasteiger partial charge on any atom is -0.348 e.